The van der Waals surface area contributed by atoms with Crippen molar-refractivity contribution in [2.45, 2.75) is 52.2 Å². The molecular formula is C19H26N4O4Si. The van der Waals surface area contributed by atoms with Gasteiger partial charge in [-0.1, -0.05) is 33.5 Å². The van der Waals surface area contributed by atoms with Crippen molar-refractivity contribution < 1.29 is 14.1 Å². The second kappa shape index (κ2) is 7.84. The van der Waals surface area contributed by atoms with Crippen LogP contribution in [0.5, 0.6) is 0 Å². The standard InChI is InChI=1S/C19H26N4O4Si/c1-13(2)19-20-11-17(27-19)18-15-10-14(23(24)25)6-7-16(15)22(21-18)12-26-8-9-28(3,4)5/h6-7,10-11,13H,8-9,12H2,1-5H3. The maximum absolute atomic E-state index is 11.2. The van der Waals surface area contributed by atoms with E-state index in [-0.39, 0.29) is 18.3 Å². The highest BCUT2D eigenvalue weighted by molar-refractivity contribution is 6.76. The highest BCUT2D eigenvalue weighted by Gasteiger charge is 2.20. The van der Waals surface area contributed by atoms with Crippen LogP contribution < -0.4 is 0 Å². The van der Waals surface area contributed by atoms with E-state index < -0.39 is 13.0 Å². The number of non-ortho nitro benzene ring substituents is 1. The molecule has 0 fully saturated rings. The molecule has 150 valence electrons. The Hall–Kier alpha value is -2.52. The molecule has 0 bridgehead atoms. The summed E-state index contributed by atoms with van der Waals surface area (Å²) < 4.78 is 13.4. The number of nitro benzene ring substituents is 1. The third kappa shape index (κ3) is 4.48. The lowest BCUT2D eigenvalue weighted by Gasteiger charge is -2.15. The lowest BCUT2D eigenvalue weighted by atomic mass is 10.1. The van der Waals surface area contributed by atoms with Crippen molar-refractivity contribution in [2.24, 2.45) is 0 Å². The molecule has 0 atom stereocenters. The Morgan fingerprint density at radius 3 is 2.68 bits per heavy atom. The number of benzene rings is 1. The molecular weight excluding hydrogens is 376 g/mol. The summed E-state index contributed by atoms with van der Waals surface area (Å²) in [7, 11) is -1.18. The Kier molecular flexibility index (Phi) is 5.66. The largest absolute Gasteiger partial charge is 0.439 e. The van der Waals surface area contributed by atoms with Gasteiger partial charge in [-0.05, 0) is 12.1 Å². The molecule has 9 heteroatoms. The van der Waals surface area contributed by atoms with E-state index in [1.165, 1.54) is 12.1 Å². The third-order valence-corrected chi connectivity index (χ3v) is 6.11. The van der Waals surface area contributed by atoms with E-state index in [2.05, 4.69) is 29.7 Å². The molecule has 2 aromatic heterocycles. The fourth-order valence-electron chi connectivity index (χ4n) is 2.75. The van der Waals surface area contributed by atoms with Gasteiger partial charge in [0, 0.05) is 38.1 Å². The van der Waals surface area contributed by atoms with Crippen molar-refractivity contribution in [2.75, 3.05) is 6.61 Å². The summed E-state index contributed by atoms with van der Waals surface area (Å²) in [5, 5.41) is 16.5. The molecule has 0 unspecified atom stereocenters. The number of nitro groups is 1. The highest BCUT2D eigenvalue weighted by atomic mass is 28.3. The molecule has 2 heterocycles. The minimum Gasteiger partial charge on any atom is -0.439 e. The van der Waals surface area contributed by atoms with Crippen LogP contribution in [0, 0.1) is 10.1 Å². The molecule has 0 amide bonds. The smallest absolute Gasteiger partial charge is 0.270 e. The molecule has 0 N–H and O–H groups in total. The second-order valence-electron chi connectivity index (χ2n) is 8.37. The van der Waals surface area contributed by atoms with E-state index >= 15 is 0 Å². The fourth-order valence-corrected chi connectivity index (χ4v) is 3.51. The number of aromatic nitrogens is 3. The monoisotopic (exact) mass is 402 g/mol. The first kappa shape index (κ1) is 20.2. The lowest BCUT2D eigenvalue weighted by molar-refractivity contribution is -0.384. The molecule has 0 radical (unpaired) electrons. The Labute approximate surface area is 164 Å². The van der Waals surface area contributed by atoms with Gasteiger partial charge in [0.2, 0.25) is 0 Å². The zero-order chi connectivity index (χ0) is 20.5. The Morgan fingerprint density at radius 1 is 1.32 bits per heavy atom. The van der Waals surface area contributed by atoms with Crippen LogP contribution >= 0.6 is 0 Å². The van der Waals surface area contributed by atoms with Gasteiger partial charge in [0.15, 0.2) is 11.7 Å². The minimum atomic E-state index is -1.18. The minimum absolute atomic E-state index is 0.0107. The van der Waals surface area contributed by atoms with Gasteiger partial charge >= 0.3 is 0 Å². The molecule has 1 aromatic carbocycles. The number of rotatable bonds is 8. The molecule has 0 aliphatic carbocycles. The second-order valence-corrected chi connectivity index (χ2v) is 14.0. The van der Waals surface area contributed by atoms with Crippen LogP contribution in [0.3, 0.4) is 0 Å². The number of nitrogens with zero attached hydrogens (tertiary/aromatic N) is 4. The lowest BCUT2D eigenvalue weighted by Crippen LogP contribution is -2.22. The van der Waals surface area contributed by atoms with E-state index in [0.717, 1.165) is 11.6 Å². The number of fused-ring (bicyclic) bond motifs is 1. The van der Waals surface area contributed by atoms with Crippen molar-refractivity contribution in [3.05, 3.63) is 40.4 Å². The van der Waals surface area contributed by atoms with E-state index in [4.69, 9.17) is 9.15 Å². The summed E-state index contributed by atoms with van der Waals surface area (Å²) in [5.74, 6) is 1.24. The number of hydrogen-bond acceptors (Lipinski definition) is 6. The maximum Gasteiger partial charge on any atom is 0.270 e. The molecule has 0 spiro atoms. The molecule has 8 nitrogen and oxygen atoms in total. The summed E-state index contributed by atoms with van der Waals surface area (Å²) in [6, 6.07) is 5.76. The van der Waals surface area contributed by atoms with Gasteiger partial charge in [0.05, 0.1) is 16.6 Å². The SMILES string of the molecule is CC(C)c1ncc(-c2nn(COCC[Si](C)(C)C)c3ccc([N+](=O)[O-])cc23)o1. The van der Waals surface area contributed by atoms with Crippen LogP contribution in [0.1, 0.15) is 25.7 Å². The zero-order valence-corrected chi connectivity index (χ0v) is 17.9. The van der Waals surface area contributed by atoms with Crippen molar-refractivity contribution >= 4 is 24.7 Å². The van der Waals surface area contributed by atoms with Gasteiger partial charge in [0.25, 0.3) is 5.69 Å². The Bertz CT molecular complexity index is 988. The van der Waals surface area contributed by atoms with Gasteiger partial charge in [-0.25, -0.2) is 9.67 Å². The van der Waals surface area contributed by atoms with Crippen LogP contribution in [-0.2, 0) is 11.5 Å². The van der Waals surface area contributed by atoms with Crippen molar-refractivity contribution in [1.29, 1.82) is 0 Å². The first-order valence-corrected chi connectivity index (χ1v) is 13.1. The fraction of sp³-hybridized carbons (Fsp3) is 0.474. The van der Waals surface area contributed by atoms with Crippen LogP contribution in [0.25, 0.3) is 22.4 Å². The van der Waals surface area contributed by atoms with Crippen LogP contribution in [0.15, 0.2) is 28.8 Å². The average molecular weight is 403 g/mol. The molecule has 0 saturated heterocycles. The van der Waals surface area contributed by atoms with Crippen molar-refractivity contribution in [1.82, 2.24) is 14.8 Å². The van der Waals surface area contributed by atoms with E-state index in [0.29, 0.717) is 29.3 Å². The van der Waals surface area contributed by atoms with Crippen LogP contribution in [0.4, 0.5) is 5.69 Å². The van der Waals surface area contributed by atoms with E-state index in [1.807, 2.05) is 13.8 Å². The number of oxazole rings is 1. The molecule has 0 aliphatic rings. The third-order valence-electron chi connectivity index (χ3n) is 4.41. The molecule has 3 rings (SSSR count). The predicted molar refractivity (Wildman–Crippen MR) is 110 cm³/mol. The molecule has 0 aliphatic heterocycles. The average Bonchev–Trinajstić information content (AvgIpc) is 3.22. The first-order valence-electron chi connectivity index (χ1n) is 9.34. The number of ether oxygens (including phenoxy) is 1. The van der Waals surface area contributed by atoms with E-state index in [1.54, 1.807) is 16.9 Å². The normalized spacial score (nSPS) is 12.2. The summed E-state index contributed by atoms with van der Waals surface area (Å²) >= 11 is 0. The molecule has 3 aromatic rings. The highest BCUT2D eigenvalue weighted by Crippen LogP contribution is 2.32. The van der Waals surface area contributed by atoms with Gasteiger partial charge < -0.3 is 9.15 Å². The Balaban J connectivity index is 1.96. The van der Waals surface area contributed by atoms with Crippen molar-refractivity contribution in [3.8, 4) is 11.5 Å². The van der Waals surface area contributed by atoms with Gasteiger partial charge in [-0.2, -0.15) is 5.10 Å². The topological polar surface area (TPSA) is 96.2 Å². The summed E-state index contributed by atoms with van der Waals surface area (Å²) in [5.41, 5.74) is 1.31. The van der Waals surface area contributed by atoms with Gasteiger partial charge in [-0.3, -0.25) is 10.1 Å². The summed E-state index contributed by atoms with van der Waals surface area (Å²) in [6.07, 6.45) is 1.62. The van der Waals surface area contributed by atoms with E-state index in [9.17, 15) is 10.1 Å². The maximum atomic E-state index is 11.2. The van der Waals surface area contributed by atoms with Crippen LogP contribution in [-0.4, -0.2) is 34.4 Å². The quantitative estimate of drug-likeness (QED) is 0.227. The summed E-state index contributed by atoms with van der Waals surface area (Å²) in [4.78, 5) is 15.1. The Morgan fingerprint density at radius 2 is 2.07 bits per heavy atom. The van der Waals surface area contributed by atoms with Gasteiger partial charge in [-0.15, -0.1) is 0 Å². The van der Waals surface area contributed by atoms with Gasteiger partial charge in [0.1, 0.15) is 12.4 Å². The molecule has 28 heavy (non-hydrogen) atoms. The summed E-state index contributed by atoms with van der Waals surface area (Å²) in [6.45, 7) is 11.8. The predicted octanol–water partition coefficient (Wildman–Crippen LogP) is 5.04. The first-order chi connectivity index (χ1) is 13.2. The van der Waals surface area contributed by atoms with Crippen molar-refractivity contribution in [3.63, 3.8) is 0 Å². The molecule has 0 saturated carbocycles. The number of hydrogen-bond donors (Lipinski definition) is 0. The zero-order valence-electron chi connectivity index (χ0n) is 16.9. The van der Waals surface area contributed by atoms with Crippen LogP contribution in [0.2, 0.25) is 25.7 Å².